The van der Waals surface area contributed by atoms with Gasteiger partial charge in [0.05, 0.1) is 0 Å². The van der Waals surface area contributed by atoms with E-state index in [1.165, 1.54) is 12.0 Å². The quantitative estimate of drug-likeness (QED) is 0.794. The first kappa shape index (κ1) is 9.69. The molecule has 0 aromatic heterocycles. The minimum atomic E-state index is 0.169. The molecular formula is C12H17NO. The molecule has 1 aromatic carbocycles. The highest BCUT2D eigenvalue weighted by Gasteiger charge is 2.19. The fourth-order valence-corrected chi connectivity index (χ4v) is 1.96. The van der Waals surface area contributed by atoms with Crippen LogP contribution in [0, 0.1) is 5.92 Å². The van der Waals surface area contributed by atoms with Crippen LogP contribution in [0.5, 0.6) is 0 Å². The van der Waals surface area contributed by atoms with E-state index in [0.29, 0.717) is 5.92 Å². The van der Waals surface area contributed by atoms with E-state index in [9.17, 15) is 0 Å². The van der Waals surface area contributed by atoms with Crippen LogP contribution in [-0.2, 0) is 4.74 Å². The van der Waals surface area contributed by atoms with E-state index in [0.717, 1.165) is 19.6 Å². The fourth-order valence-electron chi connectivity index (χ4n) is 1.96. The van der Waals surface area contributed by atoms with Gasteiger partial charge in [-0.25, -0.2) is 0 Å². The number of ether oxygens (including phenoxy) is 1. The Morgan fingerprint density at radius 1 is 1.36 bits per heavy atom. The molecule has 0 spiro atoms. The molecule has 0 saturated carbocycles. The molecule has 2 nitrogen and oxygen atoms in total. The van der Waals surface area contributed by atoms with Crippen LogP contribution in [0.3, 0.4) is 0 Å². The Morgan fingerprint density at radius 3 is 2.79 bits per heavy atom. The van der Waals surface area contributed by atoms with Gasteiger partial charge in [0.25, 0.3) is 0 Å². The van der Waals surface area contributed by atoms with Gasteiger partial charge in [0.1, 0.15) is 0 Å². The third-order valence-electron chi connectivity index (χ3n) is 2.84. The van der Waals surface area contributed by atoms with Crippen LogP contribution in [0.1, 0.15) is 24.4 Å². The number of hydrogen-bond acceptors (Lipinski definition) is 2. The summed E-state index contributed by atoms with van der Waals surface area (Å²) in [4.78, 5) is 0. The van der Waals surface area contributed by atoms with Crippen LogP contribution < -0.4 is 5.73 Å². The van der Waals surface area contributed by atoms with Gasteiger partial charge in [-0.1, -0.05) is 30.3 Å². The average Bonchev–Trinajstić information content (AvgIpc) is 2.72. The lowest BCUT2D eigenvalue weighted by Crippen LogP contribution is -2.15. The van der Waals surface area contributed by atoms with Gasteiger partial charge in [0, 0.05) is 19.3 Å². The SMILES string of the molecule is N[C@H](C[C@H]1CCOC1)c1ccccc1. The smallest absolute Gasteiger partial charge is 0.0495 e. The van der Waals surface area contributed by atoms with Crippen molar-refractivity contribution in [2.75, 3.05) is 13.2 Å². The summed E-state index contributed by atoms with van der Waals surface area (Å²) in [6, 6.07) is 10.5. The van der Waals surface area contributed by atoms with Gasteiger partial charge >= 0.3 is 0 Å². The Labute approximate surface area is 85.1 Å². The van der Waals surface area contributed by atoms with Crippen LogP contribution in [0.4, 0.5) is 0 Å². The van der Waals surface area contributed by atoms with Crippen molar-refractivity contribution in [1.82, 2.24) is 0 Å². The van der Waals surface area contributed by atoms with E-state index in [1.807, 2.05) is 18.2 Å². The van der Waals surface area contributed by atoms with Gasteiger partial charge in [-0.2, -0.15) is 0 Å². The van der Waals surface area contributed by atoms with Gasteiger partial charge in [-0.3, -0.25) is 0 Å². The number of rotatable bonds is 3. The van der Waals surface area contributed by atoms with E-state index in [-0.39, 0.29) is 6.04 Å². The first-order valence-corrected chi connectivity index (χ1v) is 5.24. The Bertz CT molecular complexity index is 267. The van der Waals surface area contributed by atoms with Crippen LogP contribution in [0.25, 0.3) is 0 Å². The lowest BCUT2D eigenvalue weighted by Gasteiger charge is -2.15. The molecule has 0 bridgehead atoms. The van der Waals surface area contributed by atoms with Crippen molar-refractivity contribution < 1.29 is 4.74 Å². The maximum Gasteiger partial charge on any atom is 0.0495 e. The first-order chi connectivity index (χ1) is 6.86. The normalized spacial score (nSPS) is 23.6. The molecule has 1 saturated heterocycles. The topological polar surface area (TPSA) is 35.2 Å². The summed E-state index contributed by atoms with van der Waals surface area (Å²) in [5.41, 5.74) is 7.35. The summed E-state index contributed by atoms with van der Waals surface area (Å²) in [5.74, 6) is 0.658. The molecule has 1 aromatic rings. The van der Waals surface area contributed by atoms with Crippen molar-refractivity contribution in [2.45, 2.75) is 18.9 Å². The summed E-state index contributed by atoms with van der Waals surface area (Å²) in [6.45, 7) is 1.80. The zero-order valence-corrected chi connectivity index (χ0v) is 8.36. The predicted molar refractivity (Wildman–Crippen MR) is 56.9 cm³/mol. The second kappa shape index (κ2) is 4.58. The van der Waals surface area contributed by atoms with Crippen LogP contribution in [0.2, 0.25) is 0 Å². The van der Waals surface area contributed by atoms with Gasteiger partial charge in [0.2, 0.25) is 0 Å². The van der Waals surface area contributed by atoms with Gasteiger partial charge in [-0.05, 0) is 24.3 Å². The van der Waals surface area contributed by atoms with Crippen molar-refractivity contribution >= 4 is 0 Å². The minimum absolute atomic E-state index is 0.169. The monoisotopic (exact) mass is 191 g/mol. The number of nitrogens with two attached hydrogens (primary N) is 1. The lowest BCUT2D eigenvalue weighted by molar-refractivity contribution is 0.182. The van der Waals surface area contributed by atoms with E-state index >= 15 is 0 Å². The van der Waals surface area contributed by atoms with Crippen LogP contribution in [0.15, 0.2) is 30.3 Å². The standard InChI is InChI=1S/C12H17NO/c13-12(8-10-6-7-14-9-10)11-4-2-1-3-5-11/h1-5,10,12H,6-9,13H2/t10-,12-/m1/s1. The summed E-state index contributed by atoms with van der Waals surface area (Å²) in [6.07, 6.45) is 2.21. The lowest BCUT2D eigenvalue weighted by atomic mass is 9.95. The molecule has 2 rings (SSSR count). The summed E-state index contributed by atoms with van der Waals surface area (Å²) >= 11 is 0. The first-order valence-electron chi connectivity index (χ1n) is 5.24. The van der Waals surface area contributed by atoms with Crippen molar-refractivity contribution in [3.05, 3.63) is 35.9 Å². The molecule has 1 aliphatic rings. The zero-order valence-electron chi connectivity index (χ0n) is 8.36. The molecule has 2 N–H and O–H groups in total. The maximum absolute atomic E-state index is 6.12. The van der Waals surface area contributed by atoms with E-state index in [4.69, 9.17) is 10.5 Å². The predicted octanol–water partition coefficient (Wildman–Crippen LogP) is 2.11. The molecule has 0 unspecified atom stereocenters. The Morgan fingerprint density at radius 2 is 2.14 bits per heavy atom. The molecule has 2 atom stereocenters. The molecule has 0 amide bonds. The molecule has 1 fully saturated rings. The molecule has 1 aliphatic heterocycles. The molecule has 14 heavy (non-hydrogen) atoms. The Balaban J connectivity index is 1.92. The highest BCUT2D eigenvalue weighted by atomic mass is 16.5. The Hall–Kier alpha value is -0.860. The van der Waals surface area contributed by atoms with E-state index in [1.54, 1.807) is 0 Å². The third-order valence-corrected chi connectivity index (χ3v) is 2.84. The molecule has 0 radical (unpaired) electrons. The molecular weight excluding hydrogens is 174 g/mol. The van der Waals surface area contributed by atoms with Crippen molar-refractivity contribution in [2.24, 2.45) is 11.7 Å². The fraction of sp³-hybridized carbons (Fsp3) is 0.500. The molecule has 0 aliphatic carbocycles. The van der Waals surface area contributed by atoms with Gasteiger partial charge in [0.15, 0.2) is 0 Å². The van der Waals surface area contributed by atoms with Crippen LogP contribution in [-0.4, -0.2) is 13.2 Å². The second-order valence-electron chi connectivity index (χ2n) is 3.98. The largest absolute Gasteiger partial charge is 0.381 e. The summed E-state index contributed by atoms with van der Waals surface area (Å²) < 4.78 is 5.34. The highest BCUT2D eigenvalue weighted by Crippen LogP contribution is 2.24. The second-order valence-corrected chi connectivity index (χ2v) is 3.98. The van der Waals surface area contributed by atoms with Crippen molar-refractivity contribution in [3.63, 3.8) is 0 Å². The zero-order chi connectivity index (χ0) is 9.80. The third kappa shape index (κ3) is 2.34. The van der Waals surface area contributed by atoms with Crippen LogP contribution >= 0.6 is 0 Å². The highest BCUT2D eigenvalue weighted by molar-refractivity contribution is 5.18. The summed E-state index contributed by atoms with van der Waals surface area (Å²) in [7, 11) is 0. The molecule has 2 heteroatoms. The van der Waals surface area contributed by atoms with Crippen molar-refractivity contribution in [3.8, 4) is 0 Å². The number of hydrogen-bond donors (Lipinski definition) is 1. The number of benzene rings is 1. The average molecular weight is 191 g/mol. The van der Waals surface area contributed by atoms with E-state index < -0.39 is 0 Å². The van der Waals surface area contributed by atoms with Crippen molar-refractivity contribution in [1.29, 1.82) is 0 Å². The molecule has 1 heterocycles. The van der Waals surface area contributed by atoms with E-state index in [2.05, 4.69) is 12.1 Å². The maximum atomic E-state index is 6.12. The molecule has 76 valence electrons. The van der Waals surface area contributed by atoms with Gasteiger partial charge < -0.3 is 10.5 Å². The van der Waals surface area contributed by atoms with Gasteiger partial charge in [-0.15, -0.1) is 0 Å². The minimum Gasteiger partial charge on any atom is -0.381 e. The Kier molecular flexibility index (Phi) is 3.17. The summed E-state index contributed by atoms with van der Waals surface area (Å²) in [5, 5.41) is 0.